The summed E-state index contributed by atoms with van der Waals surface area (Å²) in [6, 6.07) is 8.19. The molecule has 2 amide bonds. The molecule has 3 heterocycles. The predicted octanol–water partition coefficient (Wildman–Crippen LogP) is 2.50. The molecule has 1 aromatic carbocycles. The minimum Gasteiger partial charge on any atom is -0.340 e. The molecule has 25 heavy (non-hydrogen) atoms. The predicted molar refractivity (Wildman–Crippen MR) is 100 cm³/mol. The monoisotopic (exact) mass is 405 g/mol. The highest BCUT2D eigenvalue weighted by Gasteiger charge is 2.42. The van der Waals surface area contributed by atoms with Crippen LogP contribution >= 0.6 is 15.9 Å². The van der Waals surface area contributed by atoms with Crippen LogP contribution in [0.25, 0.3) is 0 Å². The Hall–Kier alpha value is -1.40. The van der Waals surface area contributed by atoms with E-state index < -0.39 is 5.92 Å². The molecule has 5 nitrogen and oxygen atoms in total. The molecule has 6 heteroatoms. The number of likely N-dealkylation sites (tertiary alicyclic amines) is 2. The molecule has 0 radical (unpaired) electrons. The number of nitrogens with zero attached hydrogens (tertiary/aromatic N) is 3. The van der Waals surface area contributed by atoms with Crippen LogP contribution in [-0.4, -0.2) is 60.4 Å². The molecule has 3 saturated heterocycles. The smallest absolute Gasteiger partial charge is 0.239 e. The number of anilines is 1. The molecule has 2 atom stereocenters. The molecular formula is C19H24BrN3O2. The summed E-state index contributed by atoms with van der Waals surface area (Å²) in [5.74, 6) is -0.535. The van der Waals surface area contributed by atoms with E-state index in [1.165, 1.54) is 12.8 Å². The maximum Gasteiger partial charge on any atom is 0.239 e. The van der Waals surface area contributed by atoms with Crippen molar-refractivity contribution in [3.8, 4) is 0 Å². The van der Waals surface area contributed by atoms with Crippen LogP contribution in [0.4, 0.5) is 5.69 Å². The van der Waals surface area contributed by atoms with Gasteiger partial charge in [0.25, 0.3) is 0 Å². The number of para-hydroxylation sites is 1. The van der Waals surface area contributed by atoms with Crippen molar-refractivity contribution >= 4 is 33.4 Å². The molecule has 3 aliphatic heterocycles. The Labute approximate surface area is 157 Å². The molecule has 0 aromatic heterocycles. The normalized spacial score (nSPS) is 27.5. The summed E-state index contributed by atoms with van der Waals surface area (Å²) < 4.78 is 0.895. The van der Waals surface area contributed by atoms with E-state index in [-0.39, 0.29) is 11.8 Å². The zero-order valence-electron chi connectivity index (χ0n) is 14.4. The van der Waals surface area contributed by atoms with Crippen LogP contribution in [0.1, 0.15) is 25.7 Å². The fourth-order valence-corrected chi connectivity index (χ4v) is 4.88. The Kier molecular flexibility index (Phi) is 4.82. The van der Waals surface area contributed by atoms with E-state index in [4.69, 9.17) is 0 Å². The van der Waals surface area contributed by atoms with Gasteiger partial charge in [-0.15, -0.1) is 0 Å². The van der Waals surface area contributed by atoms with Crippen molar-refractivity contribution in [2.45, 2.75) is 31.7 Å². The molecule has 3 aliphatic rings. The fourth-order valence-electron chi connectivity index (χ4n) is 4.39. The standard InChI is InChI=1S/C19H24BrN3O2/c20-16-5-1-2-6-17(16)23-12-8-15(19(23)25)18(24)22-11-7-14(13-22)21-9-3-4-10-21/h1-2,5-6,14-15H,3-4,7-13H2. The number of carbonyl (C=O) groups excluding carboxylic acids is 2. The summed E-state index contributed by atoms with van der Waals surface area (Å²) in [6.45, 7) is 4.51. The summed E-state index contributed by atoms with van der Waals surface area (Å²) in [4.78, 5) is 32.0. The zero-order chi connectivity index (χ0) is 17.4. The minimum atomic E-state index is -0.510. The van der Waals surface area contributed by atoms with Gasteiger partial charge in [-0.1, -0.05) is 12.1 Å². The van der Waals surface area contributed by atoms with Gasteiger partial charge in [-0.3, -0.25) is 14.5 Å². The quantitative estimate of drug-likeness (QED) is 0.725. The van der Waals surface area contributed by atoms with Crippen LogP contribution in [0.3, 0.4) is 0 Å². The van der Waals surface area contributed by atoms with Crippen LogP contribution < -0.4 is 4.90 Å². The van der Waals surface area contributed by atoms with Crippen molar-refractivity contribution in [2.24, 2.45) is 5.92 Å². The maximum atomic E-state index is 12.9. The van der Waals surface area contributed by atoms with Gasteiger partial charge < -0.3 is 9.80 Å². The van der Waals surface area contributed by atoms with Crippen molar-refractivity contribution in [1.82, 2.24) is 9.80 Å². The third-order valence-electron chi connectivity index (χ3n) is 5.78. The zero-order valence-corrected chi connectivity index (χ0v) is 16.0. The first-order valence-electron chi connectivity index (χ1n) is 9.24. The van der Waals surface area contributed by atoms with Crippen molar-refractivity contribution in [2.75, 3.05) is 37.6 Å². The van der Waals surface area contributed by atoms with Crippen molar-refractivity contribution in [3.05, 3.63) is 28.7 Å². The van der Waals surface area contributed by atoms with Crippen LogP contribution in [0, 0.1) is 5.92 Å². The van der Waals surface area contributed by atoms with Crippen molar-refractivity contribution in [3.63, 3.8) is 0 Å². The highest BCUT2D eigenvalue weighted by atomic mass is 79.9. The molecule has 2 unspecified atom stereocenters. The average molecular weight is 406 g/mol. The maximum absolute atomic E-state index is 12.9. The summed E-state index contributed by atoms with van der Waals surface area (Å²) in [6.07, 6.45) is 4.20. The summed E-state index contributed by atoms with van der Waals surface area (Å²) >= 11 is 3.51. The van der Waals surface area contributed by atoms with Gasteiger partial charge in [0.15, 0.2) is 0 Å². The van der Waals surface area contributed by atoms with Crippen LogP contribution in [0.5, 0.6) is 0 Å². The first kappa shape index (κ1) is 17.0. The molecule has 134 valence electrons. The topological polar surface area (TPSA) is 43.9 Å². The van der Waals surface area contributed by atoms with Gasteiger partial charge >= 0.3 is 0 Å². The number of halogens is 1. The van der Waals surface area contributed by atoms with Gasteiger partial charge in [0.05, 0.1) is 5.69 Å². The highest BCUT2D eigenvalue weighted by molar-refractivity contribution is 9.10. The van der Waals surface area contributed by atoms with Crippen LogP contribution in [-0.2, 0) is 9.59 Å². The van der Waals surface area contributed by atoms with Gasteiger partial charge in [0, 0.05) is 30.1 Å². The third kappa shape index (κ3) is 3.22. The first-order chi connectivity index (χ1) is 12.1. The number of amides is 2. The van der Waals surface area contributed by atoms with Crippen LogP contribution in [0.15, 0.2) is 28.7 Å². The largest absolute Gasteiger partial charge is 0.340 e. The summed E-state index contributed by atoms with van der Waals surface area (Å²) in [5, 5.41) is 0. The lowest BCUT2D eigenvalue weighted by Crippen LogP contribution is -2.41. The first-order valence-corrected chi connectivity index (χ1v) is 10.0. The minimum absolute atomic E-state index is 0.0289. The van der Waals surface area contributed by atoms with Crippen molar-refractivity contribution < 1.29 is 9.59 Å². The molecule has 0 N–H and O–H groups in total. The Balaban J connectivity index is 1.41. The van der Waals surface area contributed by atoms with Gasteiger partial charge in [-0.25, -0.2) is 0 Å². The molecule has 0 saturated carbocycles. The summed E-state index contributed by atoms with van der Waals surface area (Å²) in [5.41, 5.74) is 0.860. The second kappa shape index (κ2) is 7.08. The Bertz CT molecular complexity index is 674. The third-order valence-corrected chi connectivity index (χ3v) is 6.45. The molecule has 3 fully saturated rings. The van der Waals surface area contributed by atoms with Gasteiger partial charge in [-0.2, -0.15) is 0 Å². The number of benzene rings is 1. The second-order valence-corrected chi connectivity index (χ2v) is 8.11. The fraction of sp³-hybridized carbons (Fsp3) is 0.579. The molecule has 0 bridgehead atoms. The Morgan fingerprint density at radius 2 is 1.80 bits per heavy atom. The van der Waals surface area contributed by atoms with E-state index in [2.05, 4.69) is 20.8 Å². The van der Waals surface area contributed by atoms with E-state index in [9.17, 15) is 9.59 Å². The van der Waals surface area contributed by atoms with E-state index in [0.29, 0.717) is 19.0 Å². The lowest BCUT2D eigenvalue weighted by Gasteiger charge is -2.25. The average Bonchev–Trinajstić information content (AvgIpc) is 3.35. The molecular weight excluding hydrogens is 382 g/mol. The van der Waals surface area contributed by atoms with E-state index >= 15 is 0 Å². The highest BCUT2D eigenvalue weighted by Crippen LogP contribution is 2.32. The molecule has 1 aromatic rings. The van der Waals surface area contributed by atoms with Gasteiger partial charge in [0.1, 0.15) is 5.92 Å². The van der Waals surface area contributed by atoms with Gasteiger partial charge in [0.2, 0.25) is 11.8 Å². The molecule has 0 aliphatic carbocycles. The molecule has 0 spiro atoms. The SMILES string of the molecule is O=C(C1CCN(c2ccccc2Br)C1=O)N1CCC(N2CCCC2)C1. The number of hydrogen-bond acceptors (Lipinski definition) is 3. The van der Waals surface area contributed by atoms with E-state index in [1.807, 2.05) is 29.2 Å². The molecule has 4 rings (SSSR count). The summed E-state index contributed by atoms with van der Waals surface area (Å²) in [7, 11) is 0. The number of carbonyl (C=O) groups is 2. The van der Waals surface area contributed by atoms with E-state index in [1.54, 1.807) is 4.90 Å². The number of rotatable bonds is 3. The van der Waals surface area contributed by atoms with Gasteiger partial charge in [-0.05, 0) is 66.8 Å². The lowest BCUT2D eigenvalue weighted by atomic mass is 10.1. The lowest BCUT2D eigenvalue weighted by molar-refractivity contribution is -0.139. The Morgan fingerprint density at radius 3 is 2.56 bits per heavy atom. The Morgan fingerprint density at radius 1 is 1.04 bits per heavy atom. The second-order valence-electron chi connectivity index (χ2n) is 7.25. The van der Waals surface area contributed by atoms with Crippen molar-refractivity contribution in [1.29, 1.82) is 0 Å². The van der Waals surface area contributed by atoms with Crippen LogP contribution in [0.2, 0.25) is 0 Å². The number of hydrogen-bond donors (Lipinski definition) is 0. The van der Waals surface area contributed by atoms with E-state index in [0.717, 1.165) is 42.8 Å².